The van der Waals surface area contributed by atoms with Crippen molar-refractivity contribution in [3.8, 4) is 11.5 Å². The summed E-state index contributed by atoms with van der Waals surface area (Å²) in [6, 6.07) is 2.97. The number of ether oxygens (including phenoxy) is 3. The lowest BCUT2D eigenvalue weighted by molar-refractivity contribution is -0.146. The van der Waals surface area contributed by atoms with E-state index in [9.17, 15) is 9.59 Å². The second-order valence-electron chi connectivity index (χ2n) is 4.27. The van der Waals surface area contributed by atoms with Gasteiger partial charge < -0.3 is 14.2 Å². The number of halogens is 1. The molecule has 21 heavy (non-hydrogen) atoms. The molecule has 1 aromatic rings. The van der Waals surface area contributed by atoms with Gasteiger partial charge in [-0.3, -0.25) is 9.59 Å². The number of carbonyl (C=O) groups excluding carboxylic acids is 2. The maximum absolute atomic E-state index is 12.5. The van der Waals surface area contributed by atoms with E-state index in [0.29, 0.717) is 17.9 Å². The molecule has 0 amide bonds. The van der Waals surface area contributed by atoms with E-state index in [4.69, 9.17) is 25.8 Å². The van der Waals surface area contributed by atoms with Crippen LogP contribution in [0.5, 0.6) is 11.5 Å². The Kier molecular flexibility index (Phi) is 6.49. The fraction of sp³-hybridized carbons (Fsp3) is 0.467. The summed E-state index contributed by atoms with van der Waals surface area (Å²) in [7, 11) is 2.91. The van der Waals surface area contributed by atoms with Crippen LogP contribution in [-0.2, 0) is 9.53 Å². The molecule has 116 valence electrons. The van der Waals surface area contributed by atoms with Gasteiger partial charge in [0.15, 0.2) is 17.3 Å². The van der Waals surface area contributed by atoms with Gasteiger partial charge in [0, 0.05) is 5.56 Å². The van der Waals surface area contributed by atoms with Gasteiger partial charge in [-0.25, -0.2) is 0 Å². The summed E-state index contributed by atoms with van der Waals surface area (Å²) in [5, 5.41) is 0.249. The molecule has 0 N–H and O–H groups in total. The van der Waals surface area contributed by atoms with Crippen molar-refractivity contribution < 1.29 is 23.8 Å². The molecule has 0 fully saturated rings. The van der Waals surface area contributed by atoms with Crippen molar-refractivity contribution in [2.24, 2.45) is 5.92 Å². The van der Waals surface area contributed by atoms with E-state index in [1.165, 1.54) is 26.4 Å². The SMILES string of the molecule is CCOC(=O)C(CC)C(=O)c1cc(Cl)c(OC)c(OC)c1. The topological polar surface area (TPSA) is 61.8 Å². The van der Waals surface area contributed by atoms with Gasteiger partial charge in [0.25, 0.3) is 0 Å². The van der Waals surface area contributed by atoms with E-state index in [-0.39, 0.29) is 23.0 Å². The summed E-state index contributed by atoms with van der Waals surface area (Å²) in [6.45, 7) is 3.68. The summed E-state index contributed by atoms with van der Waals surface area (Å²) in [4.78, 5) is 24.3. The Hall–Kier alpha value is -1.75. The molecule has 0 aliphatic carbocycles. The molecule has 6 heteroatoms. The Balaban J connectivity index is 3.17. The lowest BCUT2D eigenvalue weighted by Gasteiger charge is -2.15. The smallest absolute Gasteiger partial charge is 0.316 e. The minimum Gasteiger partial charge on any atom is -0.493 e. The Morgan fingerprint density at radius 2 is 1.86 bits per heavy atom. The normalized spacial score (nSPS) is 11.7. The van der Waals surface area contributed by atoms with Crippen LogP contribution >= 0.6 is 11.6 Å². The molecule has 0 aliphatic rings. The first-order valence-corrected chi connectivity index (χ1v) is 7.00. The Morgan fingerprint density at radius 1 is 1.19 bits per heavy atom. The van der Waals surface area contributed by atoms with E-state index in [2.05, 4.69) is 0 Å². The monoisotopic (exact) mass is 314 g/mol. The zero-order chi connectivity index (χ0) is 16.0. The number of esters is 1. The predicted octanol–water partition coefficient (Wildman–Crippen LogP) is 3.13. The Labute approximate surface area is 129 Å². The fourth-order valence-corrected chi connectivity index (χ4v) is 2.25. The molecule has 1 atom stereocenters. The molecule has 0 bridgehead atoms. The third-order valence-corrected chi connectivity index (χ3v) is 3.29. The molecule has 0 spiro atoms. The van der Waals surface area contributed by atoms with E-state index in [1.54, 1.807) is 13.8 Å². The molecule has 0 heterocycles. The van der Waals surface area contributed by atoms with E-state index >= 15 is 0 Å². The van der Waals surface area contributed by atoms with Crippen LogP contribution in [0.3, 0.4) is 0 Å². The Morgan fingerprint density at radius 3 is 2.33 bits per heavy atom. The van der Waals surface area contributed by atoms with Gasteiger partial charge in [-0.2, -0.15) is 0 Å². The quantitative estimate of drug-likeness (QED) is 0.439. The molecule has 1 aromatic carbocycles. The van der Waals surface area contributed by atoms with Gasteiger partial charge in [0.2, 0.25) is 0 Å². The summed E-state index contributed by atoms with van der Waals surface area (Å²) in [6.07, 6.45) is 0.351. The van der Waals surface area contributed by atoms with E-state index in [0.717, 1.165) is 0 Å². The van der Waals surface area contributed by atoms with Crippen LogP contribution < -0.4 is 9.47 Å². The highest BCUT2D eigenvalue weighted by atomic mass is 35.5. The third kappa shape index (κ3) is 3.88. The average molecular weight is 315 g/mol. The maximum atomic E-state index is 12.5. The van der Waals surface area contributed by atoms with E-state index < -0.39 is 11.9 Å². The molecule has 0 saturated heterocycles. The van der Waals surface area contributed by atoms with Crippen LogP contribution in [0.25, 0.3) is 0 Å². The lowest BCUT2D eigenvalue weighted by Crippen LogP contribution is -2.25. The van der Waals surface area contributed by atoms with Crippen molar-refractivity contribution in [2.45, 2.75) is 20.3 Å². The number of carbonyl (C=O) groups is 2. The van der Waals surface area contributed by atoms with Gasteiger partial charge in [0.05, 0.1) is 25.8 Å². The van der Waals surface area contributed by atoms with Gasteiger partial charge in [-0.05, 0) is 25.5 Å². The van der Waals surface area contributed by atoms with Gasteiger partial charge in [-0.15, -0.1) is 0 Å². The summed E-state index contributed by atoms with van der Waals surface area (Å²) in [5.41, 5.74) is 0.289. The molecule has 0 aliphatic heterocycles. The van der Waals surface area contributed by atoms with Crippen LogP contribution in [0.4, 0.5) is 0 Å². The number of benzene rings is 1. The van der Waals surface area contributed by atoms with Crippen molar-refractivity contribution in [2.75, 3.05) is 20.8 Å². The average Bonchev–Trinajstić information content (AvgIpc) is 2.47. The first-order valence-electron chi connectivity index (χ1n) is 6.62. The summed E-state index contributed by atoms with van der Waals surface area (Å²) < 4.78 is 15.2. The van der Waals surface area contributed by atoms with E-state index in [1.807, 2.05) is 0 Å². The molecular weight excluding hydrogens is 296 g/mol. The van der Waals surface area contributed by atoms with Crippen LogP contribution in [0.15, 0.2) is 12.1 Å². The van der Waals surface area contributed by atoms with Gasteiger partial charge in [-0.1, -0.05) is 18.5 Å². The number of ketones is 1. The van der Waals surface area contributed by atoms with Crippen LogP contribution in [-0.4, -0.2) is 32.6 Å². The minimum absolute atomic E-state index is 0.231. The molecular formula is C15H19ClO5. The number of hydrogen-bond acceptors (Lipinski definition) is 5. The van der Waals surface area contributed by atoms with Crippen molar-refractivity contribution in [3.05, 3.63) is 22.7 Å². The third-order valence-electron chi connectivity index (χ3n) is 3.01. The van der Waals surface area contributed by atoms with Crippen LogP contribution in [0.2, 0.25) is 5.02 Å². The molecule has 1 unspecified atom stereocenters. The molecule has 0 radical (unpaired) electrons. The number of Topliss-reactive ketones (excluding diaryl/α,β-unsaturated/α-hetero) is 1. The van der Waals surface area contributed by atoms with Crippen molar-refractivity contribution in [1.82, 2.24) is 0 Å². The van der Waals surface area contributed by atoms with Gasteiger partial charge in [0.1, 0.15) is 5.92 Å². The zero-order valence-corrected chi connectivity index (χ0v) is 13.3. The molecule has 5 nitrogen and oxygen atoms in total. The number of hydrogen-bond donors (Lipinski definition) is 0. The number of rotatable bonds is 7. The first-order chi connectivity index (χ1) is 9.99. The molecule has 0 saturated carbocycles. The highest BCUT2D eigenvalue weighted by Gasteiger charge is 2.28. The van der Waals surface area contributed by atoms with Crippen LogP contribution in [0, 0.1) is 5.92 Å². The zero-order valence-electron chi connectivity index (χ0n) is 12.6. The Bertz CT molecular complexity index is 527. The number of methoxy groups -OCH3 is 2. The van der Waals surface area contributed by atoms with Crippen molar-refractivity contribution in [3.63, 3.8) is 0 Å². The summed E-state index contributed by atoms with van der Waals surface area (Å²) >= 11 is 6.07. The highest BCUT2D eigenvalue weighted by Crippen LogP contribution is 2.36. The highest BCUT2D eigenvalue weighted by molar-refractivity contribution is 6.32. The fourth-order valence-electron chi connectivity index (χ4n) is 1.96. The first kappa shape index (κ1) is 17.3. The minimum atomic E-state index is -0.848. The second kappa shape index (κ2) is 7.88. The van der Waals surface area contributed by atoms with Crippen molar-refractivity contribution in [1.29, 1.82) is 0 Å². The maximum Gasteiger partial charge on any atom is 0.316 e. The van der Waals surface area contributed by atoms with Crippen molar-refractivity contribution >= 4 is 23.4 Å². The standard InChI is InChI=1S/C15H19ClO5/c1-5-10(15(18)21-6-2)13(17)9-7-11(16)14(20-4)12(8-9)19-3/h7-8,10H,5-6H2,1-4H3. The largest absolute Gasteiger partial charge is 0.493 e. The molecule has 1 rings (SSSR count). The lowest BCUT2D eigenvalue weighted by atomic mass is 9.95. The predicted molar refractivity (Wildman–Crippen MR) is 79.3 cm³/mol. The van der Waals surface area contributed by atoms with Gasteiger partial charge >= 0.3 is 5.97 Å². The second-order valence-corrected chi connectivity index (χ2v) is 4.68. The summed E-state index contributed by atoms with van der Waals surface area (Å²) in [5.74, 6) is -1.04. The molecule has 0 aromatic heterocycles. The van der Waals surface area contributed by atoms with Crippen LogP contribution in [0.1, 0.15) is 30.6 Å².